The van der Waals surface area contributed by atoms with Crippen molar-refractivity contribution in [3.8, 4) is 0 Å². The van der Waals surface area contributed by atoms with Gasteiger partial charge in [0.15, 0.2) is 0 Å². The Bertz CT molecular complexity index is 698. The number of nitrogens with one attached hydrogen (secondary N) is 1. The number of alkyl halides is 4. The molecule has 1 heterocycles. The summed E-state index contributed by atoms with van der Waals surface area (Å²) >= 11 is 5.91. The average molecular weight is 390 g/mol. The lowest BCUT2D eigenvalue weighted by Crippen LogP contribution is -2.36. The highest BCUT2D eigenvalue weighted by molar-refractivity contribution is 8.14. The summed E-state index contributed by atoms with van der Waals surface area (Å²) in [7, 11) is -5.27. The van der Waals surface area contributed by atoms with Crippen LogP contribution in [-0.4, -0.2) is 47.1 Å². The highest BCUT2D eigenvalue weighted by atomic mass is 35.5. The van der Waals surface area contributed by atoms with Crippen molar-refractivity contribution in [2.75, 3.05) is 17.7 Å². The minimum Gasteiger partial charge on any atom is -0.273 e. The number of benzene rings is 1. The smallest absolute Gasteiger partial charge is 0.273 e. The van der Waals surface area contributed by atoms with E-state index in [9.17, 15) is 26.8 Å². The normalized spacial score (nSPS) is 16.8. The molecule has 1 atom stereocenters. The molecule has 6 nitrogen and oxygen atoms in total. The first-order valence-electron chi connectivity index (χ1n) is 6.10. The zero-order valence-corrected chi connectivity index (χ0v) is 13.7. The standard InChI is InChI=1S/C11H11ClF3N3O3S2/c12-9(13)11(14,15)23(20,21)8-3-1-7(2-4-8)17-18(19)10-16-5-6-22-10/h1-4,9,17,19H,5-6H2. The van der Waals surface area contributed by atoms with Crippen molar-refractivity contribution < 1.29 is 26.8 Å². The number of aliphatic imine (C=N–C) groups is 1. The molecule has 1 aliphatic heterocycles. The van der Waals surface area contributed by atoms with Crippen LogP contribution in [0.2, 0.25) is 0 Å². The fourth-order valence-corrected chi connectivity index (χ4v) is 3.72. The number of hydroxylamine groups is 1. The summed E-state index contributed by atoms with van der Waals surface area (Å²) in [5.74, 6) is 0.711. The van der Waals surface area contributed by atoms with Crippen LogP contribution in [0.4, 0.5) is 18.9 Å². The first-order valence-corrected chi connectivity index (χ1v) is 9.00. The molecule has 2 rings (SSSR count). The quantitative estimate of drug-likeness (QED) is 0.595. The largest absolute Gasteiger partial charge is 0.393 e. The van der Waals surface area contributed by atoms with Crippen LogP contribution in [-0.2, 0) is 9.84 Å². The maximum absolute atomic E-state index is 13.3. The number of thioether (sulfide) groups is 1. The Labute approximate surface area is 139 Å². The van der Waals surface area contributed by atoms with Gasteiger partial charge in [-0.2, -0.15) is 8.78 Å². The van der Waals surface area contributed by atoms with Crippen molar-refractivity contribution >= 4 is 44.1 Å². The van der Waals surface area contributed by atoms with Crippen molar-refractivity contribution in [3.63, 3.8) is 0 Å². The molecular formula is C11H11ClF3N3O3S2. The zero-order valence-electron chi connectivity index (χ0n) is 11.3. The van der Waals surface area contributed by atoms with Gasteiger partial charge in [-0.25, -0.2) is 12.8 Å². The van der Waals surface area contributed by atoms with Crippen molar-refractivity contribution in [1.82, 2.24) is 5.17 Å². The summed E-state index contributed by atoms with van der Waals surface area (Å²) in [6, 6.07) is 3.96. The molecule has 128 valence electrons. The molecule has 23 heavy (non-hydrogen) atoms. The number of sulfone groups is 1. The molecule has 0 saturated heterocycles. The zero-order chi connectivity index (χ0) is 17.3. The molecule has 0 aliphatic carbocycles. The van der Waals surface area contributed by atoms with E-state index in [1.165, 1.54) is 11.8 Å². The summed E-state index contributed by atoms with van der Waals surface area (Å²) in [5.41, 5.74) is -0.671. The number of hydrazine groups is 1. The van der Waals surface area contributed by atoms with E-state index in [4.69, 9.17) is 0 Å². The van der Waals surface area contributed by atoms with Gasteiger partial charge >= 0.3 is 5.25 Å². The van der Waals surface area contributed by atoms with Gasteiger partial charge in [-0.1, -0.05) is 23.4 Å². The Kier molecular flexibility index (Phi) is 5.33. The van der Waals surface area contributed by atoms with Crippen molar-refractivity contribution in [1.29, 1.82) is 0 Å². The van der Waals surface area contributed by atoms with E-state index in [1.807, 2.05) is 0 Å². The van der Waals surface area contributed by atoms with E-state index >= 15 is 0 Å². The third-order valence-corrected chi connectivity index (χ3v) is 5.93. The predicted molar refractivity (Wildman–Crippen MR) is 81.3 cm³/mol. The summed E-state index contributed by atoms with van der Waals surface area (Å²) in [4.78, 5) is 3.18. The average Bonchev–Trinajstić information content (AvgIpc) is 3.01. The van der Waals surface area contributed by atoms with Gasteiger partial charge in [0.1, 0.15) is 0 Å². The second-order valence-electron chi connectivity index (χ2n) is 4.33. The Morgan fingerprint density at radius 1 is 1.39 bits per heavy atom. The minimum atomic E-state index is -5.27. The van der Waals surface area contributed by atoms with E-state index in [-0.39, 0.29) is 5.69 Å². The summed E-state index contributed by atoms with van der Waals surface area (Å²) in [6.07, 6.45) is 0. The third-order valence-electron chi connectivity index (χ3n) is 2.76. The number of hydrogen-bond donors (Lipinski definition) is 2. The fourth-order valence-electron chi connectivity index (χ4n) is 1.61. The minimum absolute atomic E-state index is 0.215. The van der Waals surface area contributed by atoms with E-state index in [1.54, 1.807) is 0 Å². The summed E-state index contributed by atoms with van der Waals surface area (Å²) in [5, 5.41) is 5.90. The Morgan fingerprint density at radius 3 is 2.48 bits per heavy atom. The number of halogens is 4. The lowest BCUT2D eigenvalue weighted by molar-refractivity contribution is 0.0162. The highest BCUT2D eigenvalue weighted by Crippen LogP contribution is 2.35. The Balaban J connectivity index is 2.16. The fraction of sp³-hybridized carbons (Fsp3) is 0.364. The number of amidine groups is 1. The highest BCUT2D eigenvalue weighted by Gasteiger charge is 2.53. The first kappa shape index (κ1) is 18.2. The van der Waals surface area contributed by atoms with Gasteiger partial charge in [-0.15, -0.1) is 5.17 Å². The van der Waals surface area contributed by atoms with Gasteiger partial charge in [-0.3, -0.25) is 15.6 Å². The topological polar surface area (TPSA) is 82.0 Å². The number of hydrogen-bond acceptors (Lipinski definition) is 7. The molecule has 1 aliphatic rings. The van der Waals surface area contributed by atoms with Crippen LogP contribution in [0, 0.1) is 0 Å². The lowest BCUT2D eigenvalue weighted by atomic mass is 10.3. The van der Waals surface area contributed by atoms with Crippen LogP contribution in [0.15, 0.2) is 34.2 Å². The van der Waals surface area contributed by atoms with E-state index in [2.05, 4.69) is 22.0 Å². The van der Waals surface area contributed by atoms with E-state index in [0.717, 1.165) is 24.3 Å². The van der Waals surface area contributed by atoms with Crippen LogP contribution >= 0.6 is 23.4 Å². The maximum Gasteiger partial charge on any atom is 0.393 e. The number of anilines is 1. The van der Waals surface area contributed by atoms with Crippen LogP contribution in [0.5, 0.6) is 0 Å². The second kappa shape index (κ2) is 6.75. The molecule has 12 heteroatoms. The van der Waals surface area contributed by atoms with Gasteiger partial charge in [0.05, 0.1) is 17.1 Å². The number of rotatable bonds is 5. The summed E-state index contributed by atoms with van der Waals surface area (Å²) in [6.45, 7) is 0.549. The van der Waals surface area contributed by atoms with Gasteiger partial charge in [0, 0.05) is 5.75 Å². The lowest BCUT2D eigenvalue weighted by Gasteiger charge is -2.19. The first-order chi connectivity index (χ1) is 10.7. The van der Waals surface area contributed by atoms with Gasteiger partial charge in [0.2, 0.25) is 15.0 Å². The molecule has 0 fully saturated rings. The molecule has 0 amide bonds. The molecule has 0 bridgehead atoms. The van der Waals surface area contributed by atoms with Crippen molar-refractivity contribution in [2.45, 2.75) is 15.8 Å². The van der Waals surface area contributed by atoms with Crippen LogP contribution in [0.3, 0.4) is 0 Å². The summed E-state index contributed by atoms with van der Waals surface area (Å²) < 4.78 is 62.7. The molecule has 0 radical (unpaired) electrons. The van der Waals surface area contributed by atoms with E-state index < -0.39 is 25.6 Å². The molecule has 2 N–H and O–H groups in total. The Morgan fingerprint density at radius 2 is 2.00 bits per heavy atom. The van der Waals surface area contributed by atoms with Crippen LogP contribution < -0.4 is 5.43 Å². The molecule has 1 aromatic carbocycles. The molecule has 0 saturated carbocycles. The molecule has 1 unspecified atom stereocenters. The predicted octanol–water partition coefficient (Wildman–Crippen LogP) is 2.71. The van der Waals surface area contributed by atoms with Crippen molar-refractivity contribution in [3.05, 3.63) is 24.3 Å². The molecular weight excluding hydrogens is 379 g/mol. The third kappa shape index (κ3) is 3.67. The van der Waals surface area contributed by atoms with Crippen molar-refractivity contribution in [2.24, 2.45) is 4.99 Å². The molecule has 0 aromatic heterocycles. The maximum atomic E-state index is 13.3. The number of nitrogens with zero attached hydrogens (tertiary/aromatic N) is 2. The van der Waals surface area contributed by atoms with Crippen LogP contribution in [0.25, 0.3) is 0 Å². The van der Waals surface area contributed by atoms with Gasteiger partial charge in [0.25, 0.3) is 5.63 Å². The Hall–Kier alpha value is -1.17. The van der Waals surface area contributed by atoms with Gasteiger partial charge in [-0.05, 0) is 24.3 Å². The molecule has 0 spiro atoms. The molecule has 1 aromatic rings. The SMILES string of the molecule is O=S(=O)(c1ccc(NN(O)C2=NCCS2)cc1)C(F)(F)C(F)Cl. The van der Waals surface area contributed by atoms with Crippen LogP contribution in [0.1, 0.15) is 0 Å². The monoisotopic (exact) mass is 389 g/mol. The van der Waals surface area contributed by atoms with Gasteiger partial charge < -0.3 is 0 Å². The second-order valence-corrected chi connectivity index (χ2v) is 7.79. The van der Waals surface area contributed by atoms with E-state index in [0.29, 0.717) is 22.6 Å².